The summed E-state index contributed by atoms with van der Waals surface area (Å²) in [6.45, 7) is 0.370. The fourth-order valence-electron chi connectivity index (χ4n) is 1.88. The van der Waals surface area contributed by atoms with Gasteiger partial charge >= 0.3 is 11.0 Å². The lowest BCUT2D eigenvalue weighted by atomic mass is 10.3. The molecule has 0 saturated heterocycles. The van der Waals surface area contributed by atoms with Gasteiger partial charge in [0, 0.05) is 29.4 Å². The second kappa shape index (κ2) is 6.44. The van der Waals surface area contributed by atoms with Crippen molar-refractivity contribution in [1.82, 2.24) is 9.78 Å². The smallest absolute Gasteiger partial charge is 0.374 e. The number of carbonyl (C=O) groups is 1. The van der Waals surface area contributed by atoms with Crippen molar-refractivity contribution >= 4 is 22.3 Å². The molecule has 8 nitrogen and oxygen atoms in total. The number of rotatable bonds is 6. The summed E-state index contributed by atoms with van der Waals surface area (Å²) in [5.74, 6) is 0.0364. The molecule has 3 rings (SSSR count). The number of carbonyl (C=O) groups excluding carboxylic acids is 1. The van der Waals surface area contributed by atoms with Gasteiger partial charge in [-0.15, -0.1) is 0 Å². The zero-order chi connectivity index (χ0) is 16.2. The quantitative estimate of drug-likeness (QED) is 0.390. The Morgan fingerprint density at radius 2 is 2.35 bits per heavy atom. The summed E-state index contributed by atoms with van der Waals surface area (Å²) in [6, 6.07) is 6.37. The Bertz CT molecular complexity index is 821. The molecule has 0 aliphatic carbocycles. The first kappa shape index (κ1) is 15.0. The highest BCUT2D eigenvalue weighted by Crippen LogP contribution is 2.23. The van der Waals surface area contributed by atoms with Gasteiger partial charge in [-0.2, -0.15) is 5.10 Å². The summed E-state index contributed by atoms with van der Waals surface area (Å²) >= 11 is 0.988. The number of hydrogen-bond donors (Lipinski definition) is 0. The van der Waals surface area contributed by atoms with Gasteiger partial charge in [0.05, 0.1) is 11.5 Å². The number of nitro groups is 1. The Hall–Kier alpha value is -2.94. The van der Waals surface area contributed by atoms with Crippen molar-refractivity contribution in [3.8, 4) is 0 Å². The summed E-state index contributed by atoms with van der Waals surface area (Å²) in [4.78, 5) is 22.0. The van der Waals surface area contributed by atoms with Gasteiger partial charge in [-0.25, -0.2) is 4.79 Å². The SMILES string of the molecule is O=C(OCc1csc([N+](=O)[O-])c1)c1ccc(Cn2cccn2)o1. The third-order valence-corrected chi connectivity index (χ3v) is 3.86. The van der Waals surface area contributed by atoms with E-state index >= 15 is 0 Å². The van der Waals surface area contributed by atoms with Crippen LogP contribution in [0.15, 0.2) is 46.5 Å². The Morgan fingerprint density at radius 1 is 1.48 bits per heavy atom. The number of esters is 1. The van der Waals surface area contributed by atoms with E-state index in [2.05, 4.69) is 5.10 Å². The molecule has 23 heavy (non-hydrogen) atoms. The fraction of sp³-hybridized carbons (Fsp3) is 0.143. The molecule has 9 heteroatoms. The molecule has 0 N–H and O–H groups in total. The maximum absolute atomic E-state index is 11.9. The minimum atomic E-state index is -0.620. The van der Waals surface area contributed by atoms with E-state index in [1.165, 1.54) is 12.1 Å². The van der Waals surface area contributed by atoms with Gasteiger partial charge in [0.2, 0.25) is 5.76 Å². The number of thiophene rings is 1. The van der Waals surface area contributed by atoms with Crippen LogP contribution in [0.2, 0.25) is 0 Å². The summed E-state index contributed by atoms with van der Waals surface area (Å²) in [5, 5.41) is 16.2. The van der Waals surface area contributed by atoms with Crippen molar-refractivity contribution in [3.63, 3.8) is 0 Å². The van der Waals surface area contributed by atoms with Crippen LogP contribution in [0.3, 0.4) is 0 Å². The maximum atomic E-state index is 11.9. The molecule has 3 aromatic heterocycles. The molecule has 3 aromatic rings. The topological polar surface area (TPSA) is 100 Å². The average Bonchev–Trinajstić information content (AvgIpc) is 3.27. The van der Waals surface area contributed by atoms with Crippen LogP contribution in [-0.2, 0) is 17.9 Å². The molecule has 0 atom stereocenters. The summed E-state index contributed by atoms with van der Waals surface area (Å²) < 4.78 is 12.2. The van der Waals surface area contributed by atoms with Gasteiger partial charge in [-0.05, 0) is 18.2 Å². The predicted molar refractivity (Wildman–Crippen MR) is 80.1 cm³/mol. The molecular weight excluding hydrogens is 322 g/mol. The van der Waals surface area contributed by atoms with Gasteiger partial charge in [0.1, 0.15) is 12.4 Å². The van der Waals surface area contributed by atoms with E-state index in [1.54, 1.807) is 34.6 Å². The highest BCUT2D eigenvalue weighted by Gasteiger charge is 2.15. The number of ether oxygens (including phenoxy) is 1. The summed E-state index contributed by atoms with van der Waals surface area (Å²) in [5.41, 5.74) is 0.568. The Kier molecular flexibility index (Phi) is 4.20. The number of furan rings is 1. The van der Waals surface area contributed by atoms with E-state index in [0.717, 1.165) is 11.3 Å². The first-order valence-corrected chi connectivity index (χ1v) is 7.45. The van der Waals surface area contributed by atoms with Crippen LogP contribution < -0.4 is 0 Å². The van der Waals surface area contributed by atoms with Gasteiger partial charge in [0.25, 0.3) is 0 Å². The van der Waals surface area contributed by atoms with Crippen molar-refractivity contribution in [2.45, 2.75) is 13.2 Å². The minimum absolute atomic E-state index is 0.00977. The monoisotopic (exact) mass is 333 g/mol. The van der Waals surface area contributed by atoms with Crippen molar-refractivity contribution < 1.29 is 18.9 Å². The van der Waals surface area contributed by atoms with Crippen LogP contribution in [0.4, 0.5) is 5.00 Å². The molecule has 0 radical (unpaired) electrons. The Labute approximate surface area is 134 Å². The second-order valence-electron chi connectivity index (χ2n) is 4.60. The van der Waals surface area contributed by atoms with E-state index in [9.17, 15) is 14.9 Å². The van der Waals surface area contributed by atoms with Crippen LogP contribution in [0.25, 0.3) is 0 Å². The van der Waals surface area contributed by atoms with E-state index < -0.39 is 10.9 Å². The first-order valence-electron chi connectivity index (χ1n) is 6.57. The normalized spacial score (nSPS) is 10.6. The fourth-order valence-corrected chi connectivity index (χ4v) is 2.59. The summed E-state index contributed by atoms with van der Waals surface area (Å²) in [6.07, 6.45) is 3.43. The third-order valence-electron chi connectivity index (χ3n) is 2.93. The van der Waals surface area contributed by atoms with Crippen LogP contribution in [-0.4, -0.2) is 20.7 Å². The molecule has 0 bridgehead atoms. The molecule has 0 aliphatic heterocycles. The molecule has 0 saturated carbocycles. The lowest BCUT2D eigenvalue weighted by Crippen LogP contribution is -2.03. The lowest BCUT2D eigenvalue weighted by molar-refractivity contribution is -0.380. The standard InChI is InChI=1S/C14H11N3O5S/c18-14(21-8-10-6-13(17(19)20)23-9-10)12-3-2-11(22-12)7-16-5-1-4-15-16/h1-6,9H,7-8H2. The Morgan fingerprint density at radius 3 is 3.04 bits per heavy atom. The molecule has 0 spiro atoms. The zero-order valence-electron chi connectivity index (χ0n) is 11.7. The third kappa shape index (κ3) is 3.64. The molecule has 0 amide bonds. The highest BCUT2D eigenvalue weighted by atomic mass is 32.1. The minimum Gasteiger partial charge on any atom is -0.455 e. The van der Waals surface area contributed by atoms with Crippen LogP contribution >= 0.6 is 11.3 Å². The van der Waals surface area contributed by atoms with Gasteiger partial charge < -0.3 is 9.15 Å². The van der Waals surface area contributed by atoms with E-state index in [0.29, 0.717) is 17.9 Å². The molecule has 118 valence electrons. The largest absolute Gasteiger partial charge is 0.455 e. The number of nitrogens with zero attached hydrogens (tertiary/aromatic N) is 3. The van der Waals surface area contributed by atoms with Crippen LogP contribution in [0.1, 0.15) is 21.9 Å². The van der Waals surface area contributed by atoms with Crippen LogP contribution in [0.5, 0.6) is 0 Å². The number of aromatic nitrogens is 2. The zero-order valence-corrected chi connectivity index (χ0v) is 12.6. The maximum Gasteiger partial charge on any atom is 0.374 e. The van der Waals surface area contributed by atoms with Crippen molar-refractivity contribution in [2.24, 2.45) is 0 Å². The molecule has 0 aliphatic rings. The summed E-state index contributed by atoms with van der Waals surface area (Å²) in [7, 11) is 0. The molecule has 0 aromatic carbocycles. The molecule has 0 fully saturated rings. The van der Waals surface area contributed by atoms with E-state index in [1.807, 2.05) is 0 Å². The van der Waals surface area contributed by atoms with Crippen molar-refractivity contribution in [3.05, 3.63) is 69.2 Å². The molecule has 3 heterocycles. The van der Waals surface area contributed by atoms with E-state index in [4.69, 9.17) is 9.15 Å². The van der Waals surface area contributed by atoms with E-state index in [-0.39, 0.29) is 17.4 Å². The predicted octanol–water partition coefficient (Wildman–Crippen LogP) is 2.85. The second-order valence-corrected chi connectivity index (χ2v) is 5.49. The lowest BCUT2D eigenvalue weighted by Gasteiger charge is -2.00. The number of hydrogen-bond acceptors (Lipinski definition) is 7. The van der Waals surface area contributed by atoms with Gasteiger partial charge in [0.15, 0.2) is 0 Å². The average molecular weight is 333 g/mol. The molecule has 0 unspecified atom stereocenters. The van der Waals surface area contributed by atoms with Gasteiger partial charge in [-0.3, -0.25) is 14.8 Å². The first-order chi connectivity index (χ1) is 11.1. The van der Waals surface area contributed by atoms with Crippen molar-refractivity contribution in [2.75, 3.05) is 0 Å². The van der Waals surface area contributed by atoms with Gasteiger partial charge in [-0.1, -0.05) is 11.3 Å². The Balaban J connectivity index is 1.57. The van der Waals surface area contributed by atoms with Crippen molar-refractivity contribution in [1.29, 1.82) is 0 Å². The van der Waals surface area contributed by atoms with Crippen LogP contribution in [0, 0.1) is 10.1 Å². The highest BCUT2D eigenvalue weighted by molar-refractivity contribution is 7.13. The molecular formula is C14H11N3O5S.